The Hall–Kier alpha value is -1.42. The van der Waals surface area contributed by atoms with Gasteiger partial charge in [0.05, 0.1) is 4.92 Å². The Balaban J connectivity index is 3.21. The smallest absolute Gasteiger partial charge is 0.272 e. The number of hydrogen-bond donors (Lipinski definition) is 1. The lowest BCUT2D eigenvalue weighted by Crippen LogP contribution is -2.13. The standard InChI is InChI=1S/C15H24N2O2/c1-11-12(7-5-6-8-16)9-13(15(2,3)4)10-14(11)17(18)19/h9-10H,5-8,16H2,1-4H3. The lowest BCUT2D eigenvalue weighted by atomic mass is 9.84. The summed E-state index contributed by atoms with van der Waals surface area (Å²) in [4.78, 5) is 10.9. The quantitative estimate of drug-likeness (QED) is 0.503. The molecule has 2 N–H and O–H groups in total. The van der Waals surface area contributed by atoms with Crippen LogP contribution in [0.2, 0.25) is 0 Å². The molecule has 0 bridgehead atoms. The van der Waals surface area contributed by atoms with Crippen molar-refractivity contribution in [2.45, 2.75) is 52.4 Å². The second kappa shape index (κ2) is 6.15. The molecule has 4 nitrogen and oxygen atoms in total. The van der Waals surface area contributed by atoms with E-state index in [-0.39, 0.29) is 16.0 Å². The number of aryl methyl sites for hydroxylation is 1. The van der Waals surface area contributed by atoms with Crippen molar-refractivity contribution >= 4 is 5.69 Å². The molecule has 0 amide bonds. The third-order valence-electron chi connectivity index (χ3n) is 3.45. The van der Waals surface area contributed by atoms with E-state index in [1.54, 1.807) is 6.07 Å². The maximum Gasteiger partial charge on any atom is 0.272 e. The molecular weight excluding hydrogens is 240 g/mol. The van der Waals surface area contributed by atoms with Crippen molar-refractivity contribution in [1.82, 2.24) is 0 Å². The van der Waals surface area contributed by atoms with Crippen molar-refractivity contribution in [3.63, 3.8) is 0 Å². The number of unbranched alkanes of at least 4 members (excludes halogenated alkanes) is 1. The monoisotopic (exact) mass is 264 g/mol. The van der Waals surface area contributed by atoms with Gasteiger partial charge in [-0.25, -0.2) is 0 Å². The third-order valence-corrected chi connectivity index (χ3v) is 3.45. The molecule has 0 atom stereocenters. The van der Waals surface area contributed by atoms with Crippen LogP contribution in [0.3, 0.4) is 0 Å². The molecule has 106 valence electrons. The number of benzene rings is 1. The van der Waals surface area contributed by atoms with Crippen LogP contribution < -0.4 is 5.73 Å². The van der Waals surface area contributed by atoms with Gasteiger partial charge in [-0.3, -0.25) is 10.1 Å². The summed E-state index contributed by atoms with van der Waals surface area (Å²) in [6.07, 6.45) is 2.78. The maximum absolute atomic E-state index is 11.2. The van der Waals surface area contributed by atoms with Gasteiger partial charge in [-0.05, 0) is 49.3 Å². The SMILES string of the molecule is Cc1c(CCCCN)cc(C(C)(C)C)cc1[N+](=O)[O-]. The fraction of sp³-hybridized carbons (Fsp3) is 0.600. The molecule has 1 aromatic rings. The van der Waals surface area contributed by atoms with Gasteiger partial charge in [0.25, 0.3) is 5.69 Å². The number of nitro benzene ring substituents is 1. The van der Waals surface area contributed by atoms with Gasteiger partial charge < -0.3 is 5.73 Å². The van der Waals surface area contributed by atoms with Crippen LogP contribution in [0, 0.1) is 17.0 Å². The largest absolute Gasteiger partial charge is 0.330 e. The first kappa shape index (κ1) is 15.6. The first-order valence-electron chi connectivity index (χ1n) is 6.76. The van der Waals surface area contributed by atoms with Crippen LogP contribution in [0.25, 0.3) is 0 Å². The van der Waals surface area contributed by atoms with Gasteiger partial charge in [-0.1, -0.05) is 26.8 Å². The average Bonchev–Trinajstić information content (AvgIpc) is 2.29. The highest BCUT2D eigenvalue weighted by atomic mass is 16.6. The molecule has 1 aromatic carbocycles. The molecule has 0 aliphatic rings. The fourth-order valence-corrected chi connectivity index (χ4v) is 2.10. The van der Waals surface area contributed by atoms with Crippen molar-refractivity contribution in [3.05, 3.63) is 38.9 Å². The van der Waals surface area contributed by atoms with Crippen molar-refractivity contribution in [1.29, 1.82) is 0 Å². The lowest BCUT2D eigenvalue weighted by Gasteiger charge is -2.21. The normalized spacial score (nSPS) is 11.6. The van der Waals surface area contributed by atoms with Gasteiger partial charge in [0.2, 0.25) is 0 Å². The molecule has 0 heterocycles. The number of hydrogen-bond acceptors (Lipinski definition) is 3. The van der Waals surface area contributed by atoms with Crippen LogP contribution in [0.15, 0.2) is 12.1 Å². The summed E-state index contributed by atoms with van der Waals surface area (Å²) in [6.45, 7) is 8.73. The first-order chi connectivity index (χ1) is 8.77. The molecule has 0 aliphatic carbocycles. The summed E-state index contributed by atoms with van der Waals surface area (Å²) in [5.41, 5.74) is 8.53. The second-order valence-electron chi connectivity index (χ2n) is 6.03. The number of rotatable bonds is 5. The van der Waals surface area contributed by atoms with E-state index in [1.165, 1.54) is 0 Å². The molecule has 0 saturated carbocycles. The van der Waals surface area contributed by atoms with Crippen LogP contribution in [-0.2, 0) is 11.8 Å². The Morgan fingerprint density at radius 1 is 1.26 bits per heavy atom. The molecule has 0 radical (unpaired) electrons. The van der Waals surface area contributed by atoms with Gasteiger partial charge in [-0.15, -0.1) is 0 Å². The summed E-state index contributed by atoms with van der Waals surface area (Å²) < 4.78 is 0. The van der Waals surface area contributed by atoms with Gasteiger partial charge in [0, 0.05) is 11.6 Å². The van der Waals surface area contributed by atoms with Gasteiger partial charge in [-0.2, -0.15) is 0 Å². The highest BCUT2D eigenvalue weighted by Gasteiger charge is 2.21. The minimum Gasteiger partial charge on any atom is -0.330 e. The highest BCUT2D eigenvalue weighted by molar-refractivity contribution is 5.49. The minimum absolute atomic E-state index is 0.0823. The van der Waals surface area contributed by atoms with E-state index in [0.717, 1.165) is 36.0 Å². The predicted molar refractivity (Wildman–Crippen MR) is 78.5 cm³/mol. The van der Waals surface area contributed by atoms with E-state index >= 15 is 0 Å². The van der Waals surface area contributed by atoms with Crippen molar-refractivity contribution in [2.75, 3.05) is 6.54 Å². The Morgan fingerprint density at radius 3 is 2.37 bits per heavy atom. The molecular formula is C15H24N2O2. The zero-order valence-corrected chi connectivity index (χ0v) is 12.3. The van der Waals surface area contributed by atoms with Gasteiger partial charge in [0.1, 0.15) is 0 Å². The zero-order valence-electron chi connectivity index (χ0n) is 12.3. The van der Waals surface area contributed by atoms with Crippen LogP contribution in [0.4, 0.5) is 5.69 Å². The second-order valence-corrected chi connectivity index (χ2v) is 6.03. The van der Waals surface area contributed by atoms with E-state index in [1.807, 2.05) is 6.92 Å². The summed E-state index contributed by atoms with van der Waals surface area (Å²) >= 11 is 0. The van der Waals surface area contributed by atoms with Crippen LogP contribution in [-0.4, -0.2) is 11.5 Å². The van der Waals surface area contributed by atoms with E-state index in [2.05, 4.69) is 26.8 Å². The molecule has 0 spiro atoms. The minimum atomic E-state index is -0.281. The van der Waals surface area contributed by atoms with Crippen molar-refractivity contribution in [2.24, 2.45) is 5.73 Å². The first-order valence-corrected chi connectivity index (χ1v) is 6.76. The number of nitrogens with two attached hydrogens (primary N) is 1. The Bertz CT molecular complexity index is 462. The molecule has 19 heavy (non-hydrogen) atoms. The molecule has 1 rings (SSSR count). The summed E-state index contributed by atoms with van der Waals surface area (Å²) in [5, 5.41) is 11.2. The predicted octanol–water partition coefficient (Wildman–Crippen LogP) is 3.48. The fourth-order valence-electron chi connectivity index (χ4n) is 2.10. The molecule has 0 unspecified atom stereocenters. The van der Waals surface area contributed by atoms with Crippen molar-refractivity contribution in [3.8, 4) is 0 Å². The summed E-state index contributed by atoms with van der Waals surface area (Å²) in [6, 6.07) is 3.82. The summed E-state index contributed by atoms with van der Waals surface area (Å²) in [7, 11) is 0. The number of nitrogens with zero attached hydrogens (tertiary/aromatic N) is 1. The van der Waals surface area contributed by atoms with E-state index in [0.29, 0.717) is 6.54 Å². The lowest BCUT2D eigenvalue weighted by molar-refractivity contribution is -0.385. The molecule has 0 fully saturated rings. The van der Waals surface area contributed by atoms with Crippen LogP contribution in [0.1, 0.15) is 50.3 Å². The summed E-state index contributed by atoms with van der Waals surface area (Å²) in [5.74, 6) is 0. The maximum atomic E-state index is 11.2. The third kappa shape index (κ3) is 4.03. The Labute approximate surface area is 115 Å². The average molecular weight is 264 g/mol. The highest BCUT2D eigenvalue weighted by Crippen LogP contribution is 2.31. The molecule has 0 aliphatic heterocycles. The van der Waals surface area contributed by atoms with E-state index in [9.17, 15) is 10.1 Å². The molecule has 4 heteroatoms. The van der Waals surface area contributed by atoms with Gasteiger partial charge >= 0.3 is 0 Å². The molecule has 0 aromatic heterocycles. The Morgan fingerprint density at radius 2 is 1.89 bits per heavy atom. The van der Waals surface area contributed by atoms with Crippen LogP contribution in [0.5, 0.6) is 0 Å². The Kier molecular flexibility index (Phi) is 5.06. The van der Waals surface area contributed by atoms with Gasteiger partial charge in [0.15, 0.2) is 0 Å². The van der Waals surface area contributed by atoms with Crippen molar-refractivity contribution < 1.29 is 4.92 Å². The number of nitro groups is 1. The van der Waals surface area contributed by atoms with Crippen LogP contribution >= 0.6 is 0 Å². The van der Waals surface area contributed by atoms with E-state index < -0.39 is 0 Å². The zero-order chi connectivity index (χ0) is 14.6. The topological polar surface area (TPSA) is 69.2 Å². The van der Waals surface area contributed by atoms with E-state index in [4.69, 9.17) is 5.73 Å². The molecule has 0 saturated heterocycles.